The van der Waals surface area contributed by atoms with Gasteiger partial charge in [-0.3, -0.25) is 0 Å². The zero-order valence-corrected chi connectivity index (χ0v) is 17.2. The summed E-state index contributed by atoms with van der Waals surface area (Å²) < 4.78 is 0. The van der Waals surface area contributed by atoms with Gasteiger partial charge in [0.1, 0.15) is 0 Å². The molecule has 0 aromatic rings. The van der Waals surface area contributed by atoms with Crippen molar-refractivity contribution in [2.24, 2.45) is 16.0 Å². The van der Waals surface area contributed by atoms with Gasteiger partial charge in [0.25, 0.3) is 0 Å². The molecule has 0 aromatic heterocycles. The summed E-state index contributed by atoms with van der Waals surface area (Å²) in [6.07, 6.45) is 13.1. The molecule has 0 saturated carbocycles. The van der Waals surface area contributed by atoms with Crippen molar-refractivity contribution in [2.45, 2.75) is 111 Å². The van der Waals surface area contributed by atoms with Crippen LogP contribution in [0.2, 0.25) is 0 Å². The normalized spacial score (nSPS) is 12.8. The van der Waals surface area contributed by atoms with E-state index in [-0.39, 0.29) is 30.1 Å². The van der Waals surface area contributed by atoms with Gasteiger partial charge in [-0.05, 0) is 36.5 Å². The van der Waals surface area contributed by atoms with Crippen molar-refractivity contribution in [1.29, 1.82) is 0 Å². The van der Waals surface area contributed by atoms with Crippen molar-refractivity contribution in [3.8, 4) is 0 Å². The number of nitroso groups, excluding NO2 is 1. The molecule has 0 bridgehead atoms. The maximum atomic E-state index is 11.0. The molecular formula is C21H43NO3. The van der Waals surface area contributed by atoms with Crippen LogP contribution in [0, 0.1) is 15.7 Å². The maximum Gasteiger partial charge on any atom is 0.0919 e. The Balaban J connectivity index is 3.59. The summed E-state index contributed by atoms with van der Waals surface area (Å²) in [4.78, 5) is 11.0. The fourth-order valence-electron chi connectivity index (χ4n) is 3.08. The minimum Gasteiger partial charge on any atom is -0.396 e. The van der Waals surface area contributed by atoms with Gasteiger partial charge in [-0.2, -0.15) is 4.91 Å². The molecule has 0 aromatic carbocycles. The molecule has 0 spiro atoms. The van der Waals surface area contributed by atoms with Gasteiger partial charge in [0.15, 0.2) is 0 Å². The van der Waals surface area contributed by atoms with E-state index >= 15 is 0 Å². The SMILES string of the molecule is CC(C)(CO)CCCCCCC(CCCCCCC(C)(C)CO)N=O. The van der Waals surface area contributed by atoms with E-state index in [1.54, 1.807) is 0 Å². The monoisotopic (exact) mass is 357 g/mol. The minimum absolute atomic E-state index is 0.0113. The summed E-state index contributed by atoms with van der Waals surface area (Å²) in [5.74, 6) is 0. The molecule has 0 aliphatic heterocycles. The summed E-state index contributed by atoms with van der Waals surface area (Å²) in [6, 6.07) is -0.0113. The van der Waals surface area contributed by atoms with Crippen LogP contribution in [-0.4, -0.2) is 29.5 Å². The van der Waals surface area contributed by atoms with Crippen LogP contribution >= 0.6 is 0 Å². The molecule has 0 saturated heterocycles. The van der Waals surface area contributed by atoms with Crippen LogP contribution in [0.15, 0.2) is 5.18 Å². The number of nitrogens with zero attached hydrogens (tertiary/aromatic N) is 1. The van der Waals surface area contributed by atoms with Crippen LogP contribution in [-0.2, 0) is 0 Å². The number of aliphatic hydroxyl groups excluding tert-OH is 2. The maximum absolute atomic E-state index is 11.0. The Labute approximate surface area is 155 Å². The molecule has 0 atom stereocenters. The summed E-state index contributed by atoms with van der Waals surface area (Å²) >= 11 is 0. The first-order chi connectivity index (χ1) is 11.8. The first-order valence-corrected chi connectivity index (χ1v) is 10.3. The van der Waals surface area contributed by atoms with Gasteiger partial charge in [0, 0.05) is 13.2 Å². The van der Waals surface area contributed by atoms with Gasteiger partial charge >= 0.3 is 0 Å². The molecule has 25 heavy (non-hydrogen) atoms. The van der Waals surface area contributed by atoms with E-state index in [4.69, 9.17) is 0 Å². The zero-order chi connectivity index (χ0) is 19.2. The molecule has 4 heteroatoms. The molecule has 0 rings (SSSR count). The highest BCUT2D eigenvalue weighted by Gasteiger charge is 2.16. The van der Waals surface area contributed by atoms with Gasteiger partial charge in [-0.15, -0.1) is 0 Å². The molecule has 0 aliphatic carbocycles. The first kappa shape index (κ1) is 24.5. The third kappa shape index (κ3) is 14.4. The van der Waals surface area contributed by atoms with Gasteiger partial charge in [0.05, 0.1) is 6.04 Å². The van der Waals surface area contributed by atoms with Crippen molar-refractivity contribution < 1.29 is 10.2 Å². The fraction of sp³-hybridized carbons (Fsp3) is 1.00. The Morgan fingerprint density at radius 2 is 1.04 bits per heavy atom. The van der Waals surface area contributed by atoms with E-state index in [0.717, 1.165) is 64.2 Å². The molecule has 0 radical (unpaired) electrons. The molecule has 2 N–H and O–H groups in total. The zero-order valence-electron chi connectivity index (χ0n) is 17.2. The summed E-state index contributed by atoms with van der Waals surface area (Å²) in [5.41, 5.74) is 0.0819. The molecule has 0 fully saturated rings. The van der Waals surface area contributed by atoms with Gasteiger partial charge in [0.2, 0.25) is 0 Å². The highest BCUT2D eigenvalue weighted by molar-refractivity contribution is 4.69. The average Bonchev–Trinajstić information content (AvgIpc) is 2.58. The lowest BCUT2D eigenvalue weighted by molar-refractivity contribution is 0.147. The van der Waals surface area contributed by atoms with Crippen LogP contribution in [0.5, 0.6) is 0 Å². The summed E-state index contributed by atoms with van der Waals surface area (Å²) in [6.45, 7) is 8.91. The molecular weight excluding hydrogens is 314 g/mol. The smallest absolute Gasteiger partial charge is 0.0919 e. The molecule has 0 amide bonds. The lowest BCUT2D eigenvalue weighted by Gasteiger charge is -2.21. The fourth-order valence-corrected chi connectivity index (χ4v) is 3.08. The van der Waals surface area contributed by atoms with Crippen molar-refractivity contribution in [3.63, 3.8) is 0 Å². The van der Waals surface area contributed by atoms with E-state index in [1.165, 1.54) is 12.8 Å². The first-order valence-electron chi connectivity index (χ1n) is 10.3. The van der Waals surface area contributed by atoms with Crippen LogP contribution in [0.25, 0.3) is 0 Å². The van der Waals surface area contributed by atoms with Gasteiger partial charge in [-0.1, -0.05) is 84.2 Å². The summed E-state index contributed by atoms with van der Waals surface area (Å²) in [7, 11) is 0. The Hall–Kier alpha value is -0.480. The lowest BCUT2D eigenvalue weighted by Crippen LogP contribution is -2.16. The topological polar surface area (TPSA) is 69.9 Å². The van der Waals surface area contributed by atoms with Gasteiger partial charge in [-0.25, -0.2) is 0 Å². The van der Waals surface area contributed by atoms with Crippen LogP contribution in [0.4, 0.5) is 0 Å². The van der Waals surface area contributed by atoms with Crippen LogP contribution in [0.1, 0.15) is 105 Å². The lowest BCUT2D eigenvalue weighted by atomic mass is 9.87. The van der Waals surface area contributed by atoms with E-state index in [9.17, 15) is 15.1 Å². The third-order valence-electron chi connectivity index (χ3n) is 5.29. The molecule has 0 aliphatic rings. The number of hydrogen-bond donors (Lipinski definition) is 2. The Bertz CT molecular complexity index is 301. The highest BCUT2D eigenvalue weighted by atomic mass is 16.3. The average molecular weight is 358 g/mol. The molecule has 150 valence electrons. The second kappa shape index (κ2) is 13.7. The minimum atomic E-state index is -0.0113. The Morgan fingerprint density at radius 1 is 0.680 bits per heavy atom. The van der Waals surface area contributed by atoms with E-state index in [0.29, 0.717) is 0 Å². The van der Waals surface area contributed by atoms with E-state index < -0.39 is 0 Å². The van der Waals surface area contributed by atoms with E-state index in [1.807, 2.05) is 0 Å². The Kier molecular flexibility index (Phi) is 13.4. The number of unbranched alkanes of at least 4 members (excludes halogenated alkanes) is 6. The van der Waals surface area contributed by atoms with Crippen molar-refractivity contribution >= 4 is 0 Å². The van der Waals surface area contributed by atoms with Crippen molar-refractivity contribution in [1.82, 2.24) is 0 Å². The van der Waals surface area contributed by atoms with Crippen LogP contribution in [0.3, 0.4) is 0 Å². The standard InChI is InChI=1S/C21H43NO3/c1-20(2,17-23)15-11-7-5-9-13-19(22-25)14-10-6-8-12-16-21(3,4)18-24/h19,23-24H,5-18H2,1-4H3. The molecule has 0 unspecified atom stereocenters. The Morgan fingerprint density at radius 3 is 1.36 bits per heavy atom. The summed E-state index contributed by atoms with van der Waals surface area (Å²) in [5, 5.41) is 21.8. The predicted octanol–water partition coefficient (Wildman–Crippen LogP) is 5.84. The molecule has 4 nitrogen and oxygen atoms in total. The number of aliphatic hydroxyl groups is 2. The predicted molar refractivity (Wildman–Crippen MR) is 107 cm³/mol. The molecule has 0 heterocycles. The third-order valence-corrected chi connectivity index (χ3v) is 5.29. The van der Waals surface area contributed by atoms with Gasteiger partial charge < -0.3 is 10.2 Å². The quantitative estimate of drug-likeness (QED) is 0.254. The largest absolute Gasteiger partial charge is 0.396 e. The van der Waals surface area contributed by atoms with Crippen LogP contribution < -0.4 is 0 Å². The van der Waals surface area contributed by atoms with Crippen molar-refractivity contribution in [2.75, 3.05) is 13.2 Å². The number of hydrogen-bond acceptors (Lipinski definition) is 4. The number of rotatable bonds is 17. The second-order valence-corrected chi connectivity index (χ2v) is 9.31. The second-order valence-electron chi connectivity index (χ2n) is 9.31. The van der Waals surface area contributed by atoms with E-state index in [2.05, 4.69) is 32.9 Å². The highest BCUT2D eigenvalue weighted by Crippen LogP contribution is 2.24. The van der Waals surface area contributed by atoms with Crippen molar-refractivity contribution in [3.05, 3.63) is 4.91 Å².